The molecule has 0 saturated carbocycles. The van der Waals surface area contributed by atoms with Gasteiger partial charge in [0.1, 0.15) is 6.10 Å². The standard InChI is InChI=1S/C22H29NO5/c1-14(24)28-18-4-2-3-16-19-17(13-27-22(19)7-11-26-12-8-22)20(23-21(16)18)15-5-9-25-10-6-15/h15,18H,2-13H2,1H3. The van der Waals surface area contributed by atoms with Crippen LogP contribution in [0.15, 0.2) is 0 Å². The molecule has 1 aromatic rings. The van der Waals surface area contributed by atoms with Crippen LogP contribution in [-0.2, 0) is 42.4 Å². The van der Waals surface area contributed by atoms with Gasteiger partial charge in [0.2, 0.25) is 0 Å². The number of rotatable bonds is 2. The van der Waals surface area contributed by atoms with E-state index in [0.29, 0.717) is 12.5 Å². The van der Waals surface area contributed by atoms with Gasteiger partial charge in [0.15, 0.2) is 0 Å². The van der Waals surface area contributed by atoms with Gasteiger partial charge in [-0.3, -0.25) is 9.78 Å². The van der Waals surface area contributed by atoms with Crippen LogP contribution in [0, 0.1) is 0 Å². The van der Waals surface area contributed by atoms with Gasteiger partial charge >= 0.3 is 5.97 Å². The van der Waals surface area contributed by atoms with Gasteiger partial charge in [-0.15, -0.1) is 0 Å². The maximum absolute atomic E-state index is 11.7. The van der Waals surface area contributed by atoms with Crippen molar-refractivity contribution in [2.24, 2.45) is 0 Å². The van der Waals surface area contributed by atoms with Crippen LogP contribution in [0.3, 0.4) is 0 Å². The highest BCUT2D eigenvalue weighted by Crippen LogP contribution is 2.51. The minimum Gasteiger partial charge on any atom is -0.456 e. The number of hydrogen-bond donors (Lipinski definition) is 0. The van der Waals surface area contributed by atoms with Gasteiger partial charge < -0.3 is 18.9 Å². The van der Waals surface area contributed by atoms with E-state index >= 15 is 0 Å². The molecule has 2 fully saturated rings. The Morgan fingerprint density at radius 2 is 1.79 bits per heavy atom. The number of carbonyl (C=O) groups is 1. The quantitative estimate of drug-likeness (QED) is 0.724. The third-order valence-electron chi connectivity index (χ3n) is 6.83. The van der Waals surface area contributed by atoms with Crippen LogP contribution in [-0.4, -0.2) is 37.4 Å². The third kappa shape index (κ3) is 3.06. The van der Waals surface area contributed by atoms with E-state index in [1.54, 1.807) is 0 Å². The Labute approximate surface area is 165 Å². The third-order valence-corrected chi connectivity index (χ3v) is 6.83. The topological polar surface area (TPSA) is 66.9 Å². The van der Waals surface area contributed by atoms with Gasteiger partial charge in [0, 0.05) is 57.7 Å². The summed E-state index contributed by atoms with van der Waals surface area (Å²) >= 11 is 0. The van der Waals surface area contributed by atoms with E-state index in [1.165, 1.54) is 29.3 Å². The molecule has 0 radical (unpaired) electrons. The predicted octanol–water partition coefficient (Wildman–Crippen LogP) is 3.45. The molecule has 2 saturated heterocycles. The molecule has 0 amide bonds. The highest BCUT2D eigenvalue weighted by atomic mass is 16.5. The van der Waals surface area contributed by atoms with Crippen molar-refractivity contribution in [3.63, 3.8) is 0 Å². The number of hydrogen-bond acceptors (Lipinski definition) is 6. The minimum absolute atomic E-state index is 0.232. The van der Waals surface area contributed by atoms with E-state index in [4.69, 9.17) is 23.9 Å². The van der Waals surface area contributed by atoms with Gasteiger partial charge in [0.05, 0.1) is 23.6 Å². The number of esters is 1. The van der Waals surface area contributed by atoms with Crippen LogP contribution in [0.1, 0.15) is 85.5 Å². The molecule has 0 N–H and O–H groups in total. The first-order chi connectivity index (χ1) is 13.7. The van der Waals surface area contributed by atoms with Crippen LogP contribution >= 0.6 is 0 Å². The Bertz CT molecular complexity index is 765. The summed E-state index contributed by atoms with van der Waals surface area (Å²) in [6.45, 7) is 5.16. The maximum Gasteiger partial charge on any atom is 0.303 e. The highest BCUT2D eigenvalue weighted by molar-refractivity contribution is 5.66. The molecule has 0 aromatic carbocycles. The Morgan fingerprint density at radius 1 is 1.04 bits per heavy atom. The van der Waals surface area contributed by atoms with Crippen molar-refractivity contribution in [3.05, 3.63) is 28.1 Å². The highest BCUT2D eigenvalue weighted by Gasteiger charge is 2.47. The SMILES string of the molecule is CC(=O)OC1CCCc2c1nc(C1CCOCC1)c1c2C2(CCOCC2)OC1. The molecule has 5 rings (SSSR count). The molecule has 6 heteroatoms. The molecule has 28 heavy (non-hydrogen) atoms. The number of ether oxygens (including phenoxy) is 4. The van der Waals surface area contributed by atoms with Gasteiger partial charge in [-0.2, -0.15) is 0 Å². The molecule has 152 valence electrons. The second-order valence-electron chi connectivity index (χ2n) is 8.49. The zero-order valence-electron chi connectivity index (χ0n) is 16.6. The summed E-state index contributed by atoms with van der Waals surface area (Å²) in [7, 11) is 0. The molecule has 3 aliphatic heterocycles. The molecule has 1 atom stereocenters. The lowest BCUT2D eigenvalue weighted by Gasteiger charge is -2.37. The summed E-state index contributed by atoms with van der Waals surface area (Å²) in [5, 5.41) is 0. The molecule has 1 spiro atoms. The molecule has 0 bridgehead atoms. The first kappa shape index (κ1) is 18.5. The minimum atomic E-state index is -0.251. The monoisotopic (exact) mass is 387 g/mol. The van der Waals surface area contributed by atoms with Crippen molar-refractivity contribution < 1.29 is 23.7 Å². The Kier molecular flexibility index (Phi) is 4.89. The second-order valence-corrected chi connectivity index (χ2v) is 8.49. The smallest absolute Gasteiger partial charge is 0.303 e. The van der Waals surface area contributed by atoms with Crippen molar-refractivity contribution in [2.75, 3.05) is 26.4 Å². The normalized spacial score (nSPS) is 26.7. The van der Waals surface area contributed by atoms with Crippen molar-refractivity contribution in [3.8, 4) is 0 Å². The van der Waals surface area contributed by atoms with Crippen molar-refractivity contribution in [1.29, 1.82) is 0 Å². The number of aromatic nitrogens is 1. The zero-order chi connectivity index (χ0) is 19.1. The number of nitrogens with zero attached hydrogens (tertiary/aromatic N) is 1. The van der Waals surface area contributed by atoms with E-state index in [0.717, 1.165) is 77.1 Å². The summed E-state index contributed by atoms with van der Waals surface area (Å²) in [6, 6.07) is 0. The molecular formula is C22H29NO5. The molecule has 6 nitrogen and oxygen atoms in total. The van der Waals surface area contributed by atoms with Crippen LogP contribution in [0.4, 0.5) is 0 Å². The number of carbonyl (C=O) groups excluding carboxylic acids is 1. The average molecular weight is 387 g/mol. The molecule has 4 heterocycles. The fourth-order valence-corrected chi connectivity index (χ4v) is 5.52. The largest absolute Gasteiger partial charge is 0.456 e. The fraction of sp³-hybridized carbons (Fsp3) is 0.727. The molecule has 1 aliphatic carbocycles. The van der Waals surface area contributed by atoms with E-state index in [1.807, 2.05) is 0 Å². The maximum atomic E-state index is 11.7. The Balaban J connectivity index is 1.66. The van der Waals surface area contributed by atoms with Gasteiger partial charge in [-0.25, -0.2) is 0 Å². The van der Waals surface area contributed by atoms with Gasteiger partial charge in [-0.1, -0.05) is 0 Å². The van der Waals surface area contributed by atoms with Crippen LogP contribution in [0.5, 0.6) is 0 Å². The van der Waals surface area contributed by atoms with Crippen molar-refractivity contribution >= 4 is 5.97 Å². The summed E-state index contributed by atoms with van der Waals surface area (Å²) in [6.07, 6.45) is 6.39. The van der Waals surface area contributed by atoms with E-state index in [-0.39, 0.29) is 17.7 Å². The van der Waals surface area contributed by atoms with E-state index in [9.17, 15) is 4.79 Å². The molecule has 1 unspecified atom stereocenters. The molecule has 4 aliphatic rings. The average Bonchev–Trinajstić information content (AvgIpc) is 3.07. The number of pyridine rings is 1. The lowest BCUT2D eigenvalue weighted by atomic mass is 9.76. The van der Waals surface area contributed by atoms with Gasteiger partial charge in [-0.05, 0) is 43.2 Å². The van der Waals surface area contributed by atoms with E-state index in [2.05, 4.69) is 0 Å². The Morgan fingerprint density at radius 3 is 2.54 bits per heavy atom. The lowest BCUT2D eigenvalue weighted by molar-refractivity contribution is -0.147. The van der Waals surface area contributed by atoms with Crippen molar-refractivity contribution in [2.45, 2.75) is 76.1 Å². The summed E-state index contributed by atoms with van der Waals surface area (Å²) < 4.78 is 23.5. The van der Waals surface area contributed by atoms with Crippen LogP contribution in [0.2, 0.25) is 0 Å². The Hall–Kier alpha value is -1.50. The molecule has 1 aromatic heterocycles. The lowest BCUT2D eigenvalue weighted by Crippen LogP contribution is -2.35. The fourth-order valence-electron chi connectivity index (χ4n) is 5.52. The van der Waals surface area contributed by atoms with Gasteiger partial charge in [0.25, 0.3) is 0 Å². The van der Waals surface area contributed by atoms with Crippen molar-refractivity contribution in [1.82, 2.24) is 4.98 Å². The second kappa shape index (κ2) is 7.39. The first-order valence-electron chi connectivity index (χ1n) is 10.7. The summed E-state index contributed by atoms with van der Waals surface area (Å²) in [4.78, 5) is 16.9. The molecular weight excluding hydrogens is 358 g/mol. The predicted molar refractivity (Wildman–Crippen MR) is 101 cm³/mol. The van der Waals surface area contributed by atoms with E-state index < -0.39 is 0 Å². The number of fused-ring (bicyclic) bond motifs is 4. The summed E-state index contributed by atoms with van der Waals surface area (Å²) in [5.74, 6) is 0.163. The zero-order valence-corrected chi connectivity index (χ0v) is 16.6. The van der Waals surface area contributed by atoms with Crippen LogP contribution < -0.4 is 0 Å². The van der Waals surface area contributed by atoms with Crippen LogP contribution in [0.25, 0.3) is 0 Å². The summed E-state index contributed by atoms with van der Waals surface area (Å²) in [5.41, 5.74) is 5.84. The first-order valence-corrected chi connectivity index (χ1v) is 10.7.